The van der Waals surface area contributed by atoms with E-state index in [0.717, 1.165) is 62.0 Å². The minimum atomic E-state index is -0.315. The predicted molar refractivity (Wildman–Crippen MR) is 143 cm³/mol. The van der Waals surface area contributed by atoms with Crippen molar-refractivity contribution < 1.29 is 9.90 Å². The van der Waals surface area contributed by atoms with Crippen molar-refractivity contribution in [3.63, 3.8) is 0 Å². The largest absolute Gasteiger partial charge is 0.392 e. The lowest BCUT2D eigenvalue weighted by Gasteiger charge is -2.42. The highest BCUT2D eigenvalue weighted by Gasteiger charge is 2.41. The van der Waals surface area contributed by atoms with Crippen LogP contribution in [0.3, 0.4) is 0 Å². The Balaban J connectivity index is 1.21. The number of amides is 1. The van der Waals surface area contributed by atoms with Crippen LogP contribution in [0.25, 0.3) is 11.0 Å². The predicted octanol–water partition coefficient (Wildman–Crippen LogP) is 2.86. The molecule has 0 aromatic carbocycles. The zero-order chi connectivity index (χ0) is 25.6. The molecule has 196 valence electrons. The Morgan fingerprint density at radius 3 is 2.76 bits per heavy atom. The van der Waals surface area contributed by atoms with Crippen molar-refractivity contribution in [3.8, 4) is 0 Å². The van der Waals surface area contributed by atoms with Crippen molar-refractivity contribution in [2.75, 3.05) is 42.9 Å². The third-order valence-corrected chi connectivity index (χ3v) is 8.23. The molecule has 1 spiro atoms. The standard InChI is InChI=1S/C27H36N8O2/c1-18-15-34(11-10-33(18)16-19(2)36)21-6-7-23(28-14-21)31-26-29-13-20-12-22-25(37)30-17-27(8-4-3-5-9-27)35(22)24(20)32-26/h6-7,12-14,18-19,36H,3-5,8-11,15-17H2,1-2H3,(H,30,37)(H,28,29,31,32)/t18-,19-/m1/s1. The summed E-state index contributed by atoms with van der Waals surface area (Å²) in [7, 11) is 0. The third-order valence-electron chi connectivity index (χ3n) is 8.23. The van der Waals surface area contributed by atoms with Gasteiger partial charge in [-0.1, -0.05) is 19.3 Å². The zero-order valence-electron chi connectivity index (χ0n) is 21.7. The van der Waals surface area contributed by atoms with Crippen molar-refractivity contribution in [2.24, 2.45) is 0 Å². The summed E-state index contributed by atoms with van der Waals surface area (Å²) in [5.74, 6) is 1.12. The maximum absolute atomic E-state index is 12.7. The summed E-state index contributed by atoms with van der Waals surface area (Å²) in [6.45, 7) is 8.12. The Hall–Kier alpha value is -3.24. The monoisotopic (exact) mass is 504 g/mol. The van der Waals surface area contributed by atoms with E-state index in [2.05, 4.69) is 48.0 Å². The number of fused-ring (bicyclic) bond motifs is 4. The molecule has 37 heavy (non-hydrogen) atoms. The van der Waals surface area contributed by atoms with Crippen molar-refractivity contribution >= 4 is 34.4 Å². The molecule has 2 atom stereocenters. The second-order valence-electron chi connectivity index (χ2n) is 11.0. The molecule has 5 heterocycles. The van der Waals surface area contributed by atoms with Crippen LogP contribution >= 0.6 is 0 Å². The average molecular weight is 505 g/mol. The Bertz CT molecular complexity index is 1280. The van der Waals surface area contributed by atoms with E-state index in [0.29, 0.717) is 36.6 Å². The molecule has 2 fully saturated rings. The van der Waals surface area contributed by atoms with Gasteiger partial charge in [-0.05, 0) is 44.9 Å². The topological polar surface area (TPSA) is 111 Å². The van der Waals surface area contributed by atoms with Gasteiger partial charge in [0, 0.05) is 50.3 Å². The quantitative estimate of drug-likeness (QED) is 0.486. The molecule has 2 aliphatic heterocycles. The Morgan fingerprint density at radius 2 is 2.03 bits per heavy atom. The lowest BCUT2D eigenvalue weighted by atomic mass is 9.80. The molecular weight excluding hydrogens is 468 g/mol. The maximum Gasteiger partial charge on any atom is 0.268 e. The van der Waals surface area contributed by atoms with Gasteiger partial charge in [-0.15, -0.1) is 0 Å². The number of nitrogens with zero attached hydrogens (tertiary/aromatic N) is 6. The lowest BCUT2D eigenvalue weighted by molar-refractivity contribution is 0.0833. The van der Waals surface area contributed by atoms with Gasteiger partial charge in [-0.25, -0.2) is 9.97 Å². The van der Waals surface area contributed by atoms with Crippen LogP contribution in [-0.2, 0) is 5.54 Å². The summed E-state index contributed by atoms with van der Waals surface area (Å²) in [5, 5.41) is 17.0. The van der Waals surface area contributed by atoms with E-state index >= 15 is 0 Å². The fraction of sp³-hybridized carbons (Fsp3) is 0.556. The fourth-order valence-electron chi connectivity index (χ4n) is 6.32. The first kappa shape index (κ1) is 24.1. The van der Waals surface area contributed by atoms with Crippen LogP contribution in [0.1, 0.15) is 56.4 Å². The van der Waals surface area contributed by atoms with Crippen molar-refractivity contribution in [1.82, 2.24) is 29.7 Å². The first-order valence-electron chi connectivity index (χ1n) is 13.5. The molecule has 0 radical (unpaired) electrons. The second kappa shape index (κ2) is 9.57. The average Bonchev–Trinajstić information content (AvgIpc) is 3.29. The van der Waals surface area contributed by atoms with Gasteiger partial charge < -0.3 is 25.2 Å². The summed E-state index contributed by atoms with van der Waals surface area (Å²) >= 11 is 0. The van der Waals surface area contributed by atoms with Gasteiger partial charge in [0.2, 0.25) is 5.95 Å². The Kier molecular flexibility index (Phi) is 6.24. The lowest BCUT2D eigenvalue weighted by Crippen LogP contribution is -2.53. The smallest absolute Gasteiger partial charge is 0.268 e. The second-order valence-corrected chi connectivity index (χ2v) is 11.0. The molecule has 3 aliphatic rings. The highest BCUT2D eigenvalue weighted by atomic mass is 16.3. The van der Waals surface area contributed by atoms with E-state index in [1.807, 2.05) is 25.3 Å². The third kappa shape index (κ3) is 4.53. The van der Waals surface area contributed by atoms with Crippen molar-refractivity contribution in [2.45, 2.75) is 63.6 Å². The van der Waals surface area contributed by atoms with Crippen LogP contribution in [0.5, 0.6) is 0 Å². The molecule has 3 N–H and O–H groups in total. The van der Waals surface area contributed by atoms with Gasteiger partial charge in [-0.2, -0.15) is 4.98 Å². The number of β-amino-alcohol motifs (C(OH)–C–C–N with tert-alkyl or cyclic N) is 1. The zero-order valence-corrected chi connectivity index (χ0v) is 21.7. The highest BCUT2D eigenvalue weighted by Crippen LogP contribution is 2.40. The molecule has 6 rings (SSSR count). The van der Waals surface area contributed by atoms with Gasteiger partial charge in [0.1, 0.15) is 17.2 Å². The van der Waals surface area contributed by atoms with Gasteiger partial charge in [-0.3, -0.25) is 9.69 Å². The molecule has 10 heteroatoms. The number of anilines is 3. The minimum absolute atomic E-state index is 0.0398. The minimum Gasteiger partial charge on any atom is -0.392 e. The van der Waals surface area contributed by atoms with Crippen LogP contribution in [0.4, 0.5) is 17.5 Å². The van der Waals surface area contributed by atoms with Gasteiger partial charge >= 0.3 is 0 Å². The fourth-order valence-corrected chi connectivity index (χ4v) is 6.32. The normalized spacial score (nSPS) is 22.6. The van der Waals surface area contributed by atoms with Crippen LogP contribution in [-0.4, -0.2) is 80.3 Å². The van der Waals surface area contributed by atoms with E-state index in [1.54, 1.807) is 6.20 Å². The summed E-state index contributed by atoms with van der Waals surface area (Å²) in [6, 6.07) is 6.31. The Labute approximate surface area is 217 Å². The SMILES string of the molecule is C[C@@H]1CN(c2ccc(Nc3ncc4cc5n(c4n3)C3(CCCCC3)CNC5=O)nc2)CCN1C[C@@H](C)O. The molecule has 1 aliphatic carbocycles. The van der Waals surface area contributed by atoms with E-state index in [4.69, 9.17) is 4.98 Å². The number of carbonyl (C=O) groups is 1. The van der Waals surface area contributed by atoms with Crippen molar-refractivity contribution in [3.05, 3.63) is 36.3 Å². The molecule has 0 unspecified atom stereocenters. The first-order valence-corrected chi connectivity index (χ1v) is 13.5. The molecule has 0 bridgehead atoms. The number of rotatable bonds is 5. The number of aromatic nitrogens is 4. The summed E-state index contributed by atoms with van der Waals surface area (Å²) < 4.78 is 2.18. The van der Waals surface area contributed by atoms with E-state index in [1.165, 1.54) is 6.42 Å². The molecular formula is C27H36N8O2. The molecule has 1 saturated heterocycles. The number of aliphatic hydroxyl groups excluding tert-OH is 1. The summed E-state index contributed by atoms with van der Waals surface area (Å²) in [5.41, 5.74) is 2.46. The van der Waals surface area contributed by atoms with Crippen LogP contribution in [0.2, 0.25) is 0 Å². The molecule has 1 saturated carbocycles. The molecule has 10 nitrogen and oxygen atoms in total. The number of piperazine rings is 1. The number of pyridine rings is 1. The highest BCUT2D eigenvalue weighted by molar-refractivity contribution is 5.99. The number of nitrogens with one attached hydrogen (secondary N) is 2. The Morgan fingerprint density at radius 1 is 1.19 bits per heavy atom. The van der Waals surface area contributed by atoms with E-state index in [9.17, 15) is 9.90 Å². The van der Waals surface area contributed by atoms with E-state index < -0.39 is 0 Å². The van der Waals surface area contributed by atoms with Crippen LogP contribution < -0.4 is 15.5 Å². The molecule has 3 aromatic rings. The maximum atomic E-state index is 12.7. The van der Waals surface area contributed by atoms with Gasteiger partial charge in [0.25, 0.3) is 5.91 Å². The summed E-state index contributed by atoms with van der Waals surface area (Å²) in [6.07, 6.45) is 9.03. The van der Waals surface area contributed by atoms with Crippen molar-refractivity contribution in [1.29, 1.82) is 0 Å². The number of carbonyl (C=O) groups excluding carboxylic acids is 1. The van der Waals surface area contributed by atoms with E-state index in [-0.39, 0.29) is 17.6 Å². The molecule has 1 amide bonds. The van der Waals surface area contributed by atoms with Crippen LogP contribution in [0, 0.1) is 0 Å². The number of hydrogen-bond acceptors (Lipinski definition) is 8. The summed E-state index contributed by atoms with van der Waals surface area (Å²) in [4.78, 5) is 31.4. The van der Waals surface area contributed by atoms with Gasteiger partial charge in [0.05, 0.1) is 23.5 Å². The molecule has 3 aromatic heterocycles. The van der Waals surface area contributed by atoms with Crippen LogP contribution in [0.15, 0.2) is 30.6 Å². The first-order chi connectivity index (χ1) is 17.9. The number of aliphatic hydroxyl groups is 1. The van der Waals surface area contributed by atoms with Gasteiger partial charge in [0.15, 0.2) is 0 Å². The number of hydrogen-bond donors (Lipinski definition) is 3.